The zero-order valence-corrected chi connectivity index (χ0v) is 15.6. The highest BCUT2D eigenvalue weighted by Gasteiger charge is 2.10. The summed E-state index contributed by atoms with van der Waals surface area (Å²) in [6.07, 6.45) is 8.54. The molecule has 0 bridgehead atoms. The number of benzene rings is 1. The lowest BCUT2D eigenvalue weighted by Crippen LogP contribution is -2.02. The van der Waals surface area contributed by atoms with Gasteiger partial charge >= 0.3 is 0 Å². The highest BCUT2D eigenvalue weighted by atomic mass is 16.5. The summed E-state index contributed by atoms with van der Waals surface area (Å²) in [6.45, 7) is 4.95. The average Bonchev–Trinajstić information content (AvgIpc) is 3.14. The van der Waals surface area contributed by atoms with E-state index in [9.17, 15) is 0 Å². The first-order chi connectivity index (χ1) is 13.2. The predicted octanol–water partition coefficient (Wildman–Crippen LogP) is 4.84. The molecule has 1 aromatic carbocycles. The van der Waals surface area contributed by atoms with Gasteiger partial charge in [-0.15, -0.1) is 0 Å². The molecule has 0 aliphatic heterocycles. The summed E-state index contributed by atoms with van der Waals surface area (Å²) in [5.41, 5.74) is 11.1. The molecule has 0 radical (unpaired) electrons. The van der Waals surface area contributed by atoms with Crippen molar-refractivity contribution in [3.05, 3.63) is 83.7 Å². The molecule has 0 fully saturated rings. The molecule has 0 spiro atoms. The fraction of sp³-hybridized carbons (Fsp3) is 0.182. The highest BCUT2D eigenvalue weighted by Crippen LogP contribution is 2.25. The van der Waals surface area contributed by atoms with E-state index in [4.69, 9.17) is 10.3 Å². The Kier molecular flexibility index (Phi) is 6.05. The number of rotatable bonds is 7. The van der Waals surface area contributed by atoms with Crippen molar-refractivity contribution in [2.24, 2.45) is 0 Å². The van der Waals surface area contributed by atoms with E-state index in [0.29, 0.717) is 18.0 Å². The van der Waals surface area contributed by atoms with Crippen LogP contribution in [0.1, 0.15) is 25.1 Å². The molecule has 0 saturated carbocycles. The third-order valence-corrected chi connectivity index (χ3v) is 4.15. The Morgan fingerprint density at radius 1 is 1.22 bits per heavy atom. The van der Waals surface area contributed by atoms with E-state index in [2.05, 4.69) is 52.7 Å². The van der Waals surface area contributed by atoms with Crippen molar-refractivity contribution in [3.63, 3.8) is 0 Å². The number of pyridine rings is 1. The normalized spacial score (nSPS) is 11.9. The molecule has 27 heavy (non-hydrogen) atoms. The van der Waals surface area contributed by atoms with Crippen molar-refractivity contribution >= 4 is 11.5 Å². The summed E-state index contributed by atoms with van der Waals surface area (Å²) in [5, 5.41) is 7.57. The number of hydrogen-bond donors (Lipinski definition) is 2. The van der Waals surface area contributed by atoms with Crippen LogP contribution in [0.4, 0.5) is 11.5 Å². The van der Waals surface area contributed by atoms with E-state index in [-0.39, 0.29) is 0 Å². The SMILES string of the molecule is C/C=C\C=C(/C)CNc1ccc(Cc2cc(-c3cccnc3N)on2)cc1. The van der Waals surface area contributed by atoms with Crippen LogP contribution in [-0.2, 0) is 6.42 Å². The summed E-state index contributed by atoms with van der Waals surface area (Å²) in [4.78, 5) is 4.08. The first kappa shape index (κ1) is 18.5. The minimum absolute atomic E-state index is 0.439. The molecule has 0 atom stereocenters. The monoisotopic (exact) mass is 360 g/mol. The van der Waals surface area contributed by atoms with Crippen LogP contribution in [0.2, 0.25) is 0 Å². The quantitative estimate of drug-likeness (QED) is 0.589. The second kappa shape index (κ2) is 8.85. The zero-order chi connectivity index (χ0) is 19.1. The van der Waals surface area contributed by atoms with Gasteiger partial charge in [0.25, 0.3) is 0 Å². The Balaban J connectivity index is 1.61. The van der Waals surface area contributed by atoms with Gasteiger partial charge in [0.1, 0.15) is 5.82 Å². The zero-order valence-electron chi connectivity index (χ0n) is 15.6. The maximum Gasteiger partial charge on any atom is 0.170 e. The second-order valence-corrected chi connectivity index (χ2v) is 6.38. The fourth-order valence-electron chi connectivity index (χ4n) is 2.66. The third-order valence-electron chi connectivity index (χ3n) is 4.15. The standard InChI is InChI=1S/C22H24N4O/c1-3-4-6-16(2)15-25-18-10-8-17(9-11-18)13-19-14-21(27-26-19)20-7-5-12-24-22(20)23/h3-12,14,25H,13,15H2,1-2H3,(H2,23,24)/b4-3-,16-6+. The van der Waals surface area contributed by atoms with Gasteiger partial charge in [-0.1, -0.05) is 41.1 Å². The molecule has 3 aromatic rings. The predicted molar refractivity (Wildman–Crippen MR) is 110 cm³/mol. The number of hydrogen-bond acceptors (Lipinski definition) is 5. The van der Waals surface area contributed by atoms with Crippen molar-refractivity contribution in [1.82, 2.24) is 10.1 Å². The first-order valence-electron chi connectivity index (χ1n) is 8.93. The van der Waals surface area contributed by atoms with Crippen molar-refractivity contribution in [3.8, 4) is 11.3 Å². The van der Waals surface area contributed by atoms with Gasteiger partial charge in [0.05, 0.1) is 11.3 Å². The van der Waals surface area contributed by atoms with Gasteiger partial charge in [-0.3, -0.25) is 0 Å². The molecule has 2 heterocycles. The number of nitrogens with two attached hydrogens (primary N) is 1. The van der Waals surface area contributed by atoms with Crippen molar-refractivity contribution in [1.29, 1.82) is 0 Å². The summed E-state index contributed by atoms with van der Waals surface area (Å²) in [6, 6.07) is 14.0. The van der Waals surface area contributed by atoms with Crippen LogP contribution in [-0.4, -0.2) is 16.7 Å². The Bertz CT molecular complexity index is 939. The molecule has 0 amide bonds. The molecular formula is C22H24N4O. The number of nitrogens with one attached hydrogen (secondary N) is 1. The molecule has 0 saturated heterocycles. The van der Waals surface area contributed by atoms with Crippen LogP contribution in [0, 0.1) is 0 Å². The Labute approximate surface area is 159 Å². The van der Waals surface area contributed by atoms with Gasteiger partial charge in [-0.05, 0) is 43.7 Å². The topological polar surface area (TPSA) is 77.0 Å². The van der Waals surface area contributed by atoms with Crippen LogP contribution in [0.15, 0.2) is 77.0 Å². The summed E-state index contributed by atoms with van der Waals surface area (Å²) < 4.78 is 5.43. The molecule has 2 aromatic heterocycles. The van der Waals surface area contributed by atoms with Crippen LogP contribution in [0.3, 0.4) is 0 Å². The number of anilines is 2. The lowest BCUT2D eigenvalue weighted by molar-refractivity contribution is 0.425. The summed E-state index contributed by atoms with van der Waals surface area (Å²) in [7, 11) is 0. The van der Waals surface area contributed by atoms with E-state index in [1.54, 1.807) is 6.20 Å². The van der Waals surface area contributed by atoms with Gasteiger partial charge < -0.3 is 15.6 Å². The molecular weight excluding hydrogens is 336 g/mol. The lowest BCUT2D eigenvalue weighted by atomic mass is 10.1. The van der Waals surface area contributed by atoms with Crippen molar-refractivity contribution in [2.75, 3.05) is 17.6 Å². The van der Waals surface area contributed by atoms with Crippen molar-refractivity contribution in [2.45, 2.75) is 20.3 Å². The first-order valence-corrected chi connectivity index (χ1v) is 8.93. The lowest BCUT2D eigenvalue weighted by Gasteiger charge is -2.07. The van der Waals surface area contributed by atoms with Gasteiger partial charge in [-0.25, -0.2) is 4.98 Å². The van der Waals surface area contributed by atoms with Crippen LogP contribution < -0.4 is 11.1 Å². The number of aromatic nitrogens is 2. The van der Waals surface area contributed by atoms with E-state index in [1.165, 1.54) is 11.1 Å². The van der Waals surface area contributed by atoms with Crippen LogP contribution in [0.25, 0.3) is 11.3 Å². The second-order valence-electron chi connectivity index (χ2n) is 6.38. The fourth-order valence-corrected chi connectivity index (χ4v) is 2.66. The summed E-state index contributed by atoms with van der Waals surface area (Å²) >= 11 is 0. The van der Waals surface area contributed by atoms with E-state index >= 15 is 0 Å². The third kappa shape index (κ3) is 5.07. The van der Waals surface area contributed by atoms with E-state index in [0.717, 1.165) is 23.5 Å². The number of nitrogen functional groups attached to an aromatic ring is 1. The molecule has 3 rings (SSSR count). The van der Waals surface area contributed by atoms with Crippen molar-refractivity contribution < 1.29 is 4.52 Å². The molecule has 0 aliphatic carbocycles. The van der Waals surface area contributed by atoms with E-state index in [1.807, 2.05) is 37.3 Å². The van der Waals surface area contributed by atoms with Crippen LogP contribution in [0.5, 0.6) is 0 Å². The molecule has 0 aliphatic rings. The molecule has 138 valence electrons. The van der Waals surface area contributed by atoms with E-state index < -0.39 is 0 Å². The minimum Gasteiger partial charge on any atom is -0.383 e. The molecule has 5 heteroatoms. The summed E-state index contributed by atoms with van der Waals surface area (Å²) in [5.74, 6) is 1.08. The maximum atomic E-state index is 5.89. The van der Waals surface area contributed by atoms with Gasteiger partial charge in [0.15, 0.2) is 5.76 Å². The Morgan fingerprint density at radius 2 is 2.04 bits per heavy atom. The average molecular weight is 360 g/mol. The Hall–Kier alpha value is -3.34. The number of allylic oxidation sites excluding steroid dienone is 3. The Morgan fingerprint density at radius 3 is 2.78 bits per heavy atom. The minimum atomic E-state index is 0.439. The van der Waals surface area contributed by atoms with Gasteiger partial charge in [-0.2, -0.15) is 0 Å². The number of nitrogens with zero attached hydrogens (tertiary/aromatic N) is 2. The highest BCUT2D eigenvalue weighted by molar-refractivity contribution is 5.69. The largest absolute Gasteiger partial charge is 0.383 e. The van der Waals surface area contributed by atoms with Crippen LogP contribution >= 0.6 is 0 Å². The van der Waals surface area contributed by atoms with Gasteiger partial charge in [0.2, 0.25) is 0 Å². The molecule has 5 nitrogen and oxygen atoms in total. The van der Waals surface area contributed by atoms with Gasteiger partial charge in [0, 0.05) is 30.9 Å². The maximum absolute atomic E-state index is 5.89. The molecule has 0 unspecified atom stereocenters. The molecule has 3 N–H and O–H groups in total. The smallest absolute Gasteiger partial charge is 0.170 e.